The zero-order chi connectivity index (χ0) is 25.3. The van der Waals surface area contributed by atoms with Crippen molar-refractivity contribution in [3.05, 3.63) is 102 Å². The number of carbonyl (C=O) groups excluding carboxylic acids is 3. The molecule has 182 valence electrons. The summed E-state index contributed by atoms with van der Waals surface area (Å²) < 4.78 is 10.2. The van der Waals surface area contributed by atoms with Crippen LogP contribution in [0, 0.1) is 0 Å². The fraction of sp³-hybridized carbons (Fsp3) is 0.143. The summed E-state index contributed by atoms with van der Waals surface area (Å²) in [6.07, 6.45) is 3.71. The molecule has 0 saturated heterocycles. The van der Waals surface area contributed by atoms with Crippen molar-refractivity contribution in [2.45, 2.75) is 19.8 Å². The maximum Gasteiger partial charge on any atom is 0.306 e. The molecule has 4 aromatic rings. The van der Waals surface area contributed by atoms with Crippen LogP contribution in [0.1, 0.15) is 39.6 Å². The number of rotatable bonds is 9. The Kier molecular flexibility index (Phi) is 7.87. The molecule has 1 aromatic heterocycles. The number of carbonyl (C=O) groups is 3. The first-order valence-electron chi connectivity index (χ1n) is 11.5. The van der Waals surface area contributed by atoms with Crippen LogP contribution < -0.4 is 10.6 Å². The summed E-state index contributed by atoms with van der Waals surface area (Å²) >= 11 is 0. The second-order valence-corrected chi connectivity index (χ2v) is 7.90. The average molecular weight is 484 g/mol. The Hall–Kier alpha value is -4.72. The van der Waals surface area contributed by atoms with Gasteiger partial charge >= 0.3 is 5.97 Å². The Labute approximate surface area is 208 Å². The summed E-state index contributed by atoms with van der Waals surface area (Å²) in [6, 6.07) is 21.0. The first kappa shape index (κ1) is 24.4. The Morgan fingerprint density at radius 3 is 2.47 bits per heavy atom. The van der Waals surface area contributed by atoms with Crippen molar-refractivity contribution in [3.63, 3.8) is 0 Å². The van der Waals surface area contributed by atoms with Gasteiger partial charge in [0.2, 0.25) is 0 Å². The lowest BCUT2D eigenvalue weighted by atomic mass is 10.1. The van der Waals surface area contributed by atoms with E-state index in [9.17, 15) is 14.4 Å². The van der Waals surface area contributed by atoms with E-state index in [0.717, 1.165) is 11.1 Å². The molecule has 8 nitrogen and oxygen atoms in total. The number of amides is 2. The van der Waals surface area contributed by atoms with Crippen molar-refractivity contribution in [3.8, 4) is 11.3 Å². The van der Waals surface area contributed by atoms with Gasteiger partial charge in [-0.3, -0.25) is 14.4 Å². The summed E-state index contributed by atoms with van der Waals surface area (Å²) in [6.45, 7) is 2.11. The molecule has 0 unspecified atom stereocenters. The Morgan fingerprint density at radius 1 is 0.917 bits per heavy atom. The third kappa shape index (κ3) is 6.24. The third-order valence-corrected chi connectivity index (χ3v) is 5.39. The van der Waals surface area contributed by atoms with Crippen LogP contribution in [0.25, 0.3) is 11.3 Å². The van der Waals surface area contributed by atoms with Gasteiger partial charge < -0.3 is 19.8 Å². The molecule has 1 heterocycles. The van der Waals surface area contributed by atoms with Gasteiger partial charge in [-0.2, -0.15) is 0 Å². The smallest absolute Gasteiger partial charge is 0.306 e. The van der Waals surface area contributed by atoms with Crippen molar-refractivity contribution in [1.29, 1.82) is 0 Å². The number of para-hydroxylation sites is 1. The Bertz CT molecular complexity index is 1350. The number of benzene rings is 3. The summed E-state index contributed by atoms with van der Waals surface area (Å²) in [7, 11) is 0. The van der Waals surface area contributed by atoms with Gasteiger partial charge in [-0.15, -0.1) is 0 Å². The summed E-state index contributed by atoms with van der Waals surface area (Å²) in [4.78, 5) is 41.4. The number of ether oxygens (including phenoxy) is 1. The molecule has 0 aliphatic rings. The summed E-state index contributed by atoms with van der Waals surface area (Å²) in [5.74, 6) is -0.368. The van der Waals surface area contributed by atoms with Gasteiger partial charge in [0, 0.05) is 23.2 Å². The lowest BCUT2D eigenvalue weighted by Gasteiger charge is -2.12. The minimum Gasteiger partial charge on any atom is -0.466 e. The maximum absolute atomic E-state index is 13.0. The molecule has 0 saturated carbocycles. The highest BCUT2D eigenvalue weighted by Crippen LogP contribution is 2.22. The van der Waals surface area contributed by atoms with Crippen LogP contribution in [0.3, 0.4) is 0 Å². The van der Waals surface area contributed by atoms with Crippen molar-refractivity contribution in [1.82, 2.24) is 4.98 Å². The maximum atomic E-state index is 13.0. The van der Waals surface area contributed by atoms with Crippen LogP contribution in [0.4, 0.5) is 11.4 Å². The molecule has 0 aliphatic carbocycles. The van der Waals surface area contributed by atoms with E-state index in [4.69, 9.17) is 9.15 Å². The predicted molar refractivity (Wildman–Crippen MR) is 136 cm³/mol. The number of hydrogen-bond donors (Lipinski definition) is 2. The largest absolute Gasteiger partial charge is 0.466 e. The van der Waals surface area contributed by atoms with Crippen LogP contribution in [0.15, 0.2) is 89.8 Å². The molecule has 36 heavy (non-hydrogen) atoms. The minimum absolute atomic E-state index is 0.260. The molecule has 0 fully saturated rings. The SMILES string of the molecule is CCOC(=O)CCc1cccc(NC(=O)c2ccccc2NC(=O)c2ccc(-c3cnco3)cc2)c1. The monoisotopic (exact) mass is 483 g/mol. The molecule has 0 spiro atoms. The first-order chi connectivity index (χ1) is 17.5. The van der Waals surface area contributed by atoms with E-state index in [1.54, 1.807) is 67.7 Å². The average Bonchev–Trinajstić information content (AvgIpc) is 3.43. The van der Waals surface area contributed by atoms with Gasteiger partial charge in [-0.25, -0.2) is 4.98 Å². The van der Waals surface area contributed by atoms with E-state index < -0.39 is 0 Å². The van der Waals surface area contributed by atoms with Gasteiger partial charge in [-0.1, -0.05) is 36.4 Å². The normalized spacial score (nSPS) is 10.5. The predicted octanol–water partition coefficient (Wildman–Crippen LogP) is 5.34. The molecule has 0 aliphatic heterocycles. The van der Waals surface area contributed by atoms with Crippen molar-refractivity contribution >= 4 is 29.2 Å². The number of aromatic nitrogens is 1. The van der Waals surface area contributed by atoms with E-state index >= 15 is 0 Å². The molecular formula is C28H25N3O5. The van der Waals surface area contributed by atoms with Crippen LogP contribution in [0.2, 0.25) is 0 Å². The van der Waals surface area contributed by atoms with E-state index in [1.807, 2.05) is 18.2 Å². The number of nitrogens with zero attached hydrogens (tertiary/aromatic N) is 1. The van der Waals surface area contributed by atoms with Crippen molar-refractivity contribution in [2.24, 2.45) is 0 Å². The summed E-state index contributed by atoms with van der Waals surface area (Å²) in [5.41, 5.74) is 3.43. The number of aryl methyl sites for hydroxylation is 1. The second-order valence-electron chi connectivity index (χ2n) is 7.90. The van der Waals surface area contributed by atoms with E-state index in [2.05, 4.69) is 15.6 Å². The lowest BCUT2D eigenvalue weighted by Crippen LogP contribution is -2.18. The van der Waals surface area contributed by atoms with Gasteiger partial charge in [0.15, 0.2) is 12.2 Å². The molecule has 4 rings (SSSR count). The quantitative estimate of drug-likeness (QED) is 0.311. The zero-order valence-corrected chi connectivity index (χ0v) is 19.7. The minimum atomic E-state index is -0.367. The number of hydrogen-bond acceptors (Lipinski definition) is 6. The molecule has 0 atom stereocenters. The molecule has 3 aromatic carbocycles. The highest BCUT2D eigenvalue weighted by molar-refractivity contribution is 6.12. The van der Waals surface area contributed by atoms with Gasteiger partial charge in [-0.05, 0) is 55.3 Å². The fourth-order valence-corrected chi connectivity index (χ4v) is 3.61. The Morgan fingerprint density at radius 2 is 1.72 bits per heavy atom. The fourth-order valence-electron chi connectivity index (χ4n) is 3.61. The van der Waals surface area contributed by atoms with Crippen molar-refractivity contribution in [2.75, 3.05) is 17.2 Å². The molecule has 0 bridgehead atoms. The molecule has 2 amide bonds. The molecule has 2 N–H and O–H groups in total. The summed E-state index contributed by atoms with van der Waals surface area (Å²) in [5, 5.41) is 5.68. The Balaban J connectivity index is 1.43. The van der Waals surface area contributed by atoms with Crippen LogP contribution in [0.5, 0.6) is 0 Å². The highest BCUT2D eigenvalue weighted by Gasteiger charge is 2.15. The first-order valence-corrected chi connectivity index (χ1v) is 11.5. The molecule has 0 radical (unpaired) electrons. The number of anilines is 2. The van der Waals surface area contributed by atoms with E-state index in [-0.39, 0.29) is 24.2 Å². The lowest BCUT2D eigenvalue weighted by molar-refractivity contribution is -0.143. The van der Waals surface area contributed by atoms with Crippen LogP contribution in [-0.2, 0) is 16.0 Å². The number of oxazole rings is 1. The van der Waals surface area contributed by atoms with Gasteiger partial charge in [0.25, 0.3) is 11.8 Å². The van der Waals surface area contributed by atoms with E-state index in [0.29, 0.717) is 41.3 Å². The van der Waals surface area contributed by atoms with Gasteiger partial charge in [0.1, 0.15) is 0 Å². The van der Waals surface area contributed by atoms with Gasteiger partial charge in [0.05, 0.1) is 24.1 Å². The number of nitrogens with one attached hydrogen (secondary N) is 2. The van der Waals surface area contributed by atoms with Crippen LogP contribution in [-0.4, -0.2) is 29.4 Å². The van der Waals surface area contributed by atoms with Crippen LogP contribution >= 0.6 is 0 Å². The molecule has 8 heteroatoms. The van der Waals surface area contributed by atoms with E-state index in [1.165, 1.54) is 6.39 Å². The zero-order valence-electron chi connectivity index (χ0n) is 19.7. The van der Waals surface area contributed by atoms with Crippen molar-refractivity contribution < 1.29 is 23.5 Å². The topological polar surface area (TPSA) is 111 Å². The number of esters is 1. The molecular weight excluding hydrogens is 458 g/mol. The third-order valence-electron chi connectivity index (χ3n) is 5.39. The standard InChI is InChI=1S/C28H25N3O5/c1-2-35-26(32)15-10-19-6-5-7-22(16-19)30-28(34)23-8-3-4-9-24(23)31-27(33)21-13-11-20(12-14-21)25-17-29-18-36-25/h3-9,11-14,16-18H,2,10,15H2,1H3,(H,30,34)(H,31,33). The highest BCUT2D eigenvalue weighted by atomic mass is 16.5. The second kappa shape index (κ2) is 11.6.